The molecule has 4 aliphatic rings. The maximum absolute atomic E-state index is 12.9. The van der Waals surface area contributed by atoms with Crippen LogP contribution >= 0.6 is 0 Å². The minimum atomic E-state index is 0.0439. The van der Waals surface area contributed by atoms with Gasteiger partial charge in [0.05, 0.1) is 11.3 Å². The molecule has 1 aromatic heterocycles. The number of rotatable bonds is 6. The highest BCUT2D eigenvalue weighted by Crippen LogP contribution is 2.35. The number of hydrogen-bond acceptors (Lipinski definition) is 4. The highest BCUT2D eigenvalue weighted by Gasteiger charge is 2.38. The zero-order valence-corrected chi connectivity index (χ0v) is 16.9. The third-order valence-electron chi connectivity index (χ3n) is 6.64. The van der Waals surface area contributed by atoms with E-state index in [0.29, 0.717) is 30.5 Å². The third kappa shape index (κ3) is 3.96. The fraction of sp³-hybridized carbons (Fsp3) is 0.762. The molecular weight excluding hydrogens is 340 g/mol. The van der Waals surface area contributed by atoms with Gasteiger partial charge < -0.3 is 4.90 Å². The minimum Gasteiger partial charge on any atom is -0.341 e. The van der Waals surface area contributed by atoms with Crippen LogP contribution in [0.4, 0.5) is 0 Å². The molecule has 3 saturated heterocycles. The molecule has 1 saturated carbocycles. The molecule has 1 amide bonds. The van der Waals surface area contributed by atoms with Crippen molar-refractivity contribution in [2.24, 2.45) is 11.8 Å². The van der Waals surface area contributed by atoms with Gasteiger partial charge in [0.1, 0.15) is 0 Å². The smallest absolute Gasteiger partial charge is 0.224 e. The second-order valence-electron chi connectivity index (χ2n) is 8.87. The predicted octanol–water partition coefficient (Wildman–Crippen LogP) is 2.43. The van der Waals surface area contributed by atoms with E-state index in [1.165, 1.54) is 38.8 Å². The summed E-state index contributed by atoms with van der Waals surface area (Å²) in [5, 5.41) is 4.48. The molecule has 0 N–H and O–H groups in total. The molecule has 0 unspecified atom stereocenters. The van der Waals surface area contributed by atoms with Crippen LogP contribution in [0.5, 0.6) is 0 Å². The number of amides is 1. The van der Waals surface area contributed by atoms with Crippen molar-refractivity contribution in [1.82, 2.24) is 19.6 Å². The van der Waals surface area contributed by atoms with Gasteiger partial charge in [0.2, 0.25) is 5.91 Å². The standard InChI is InChI=1S/C21H32N4O2/c1-14-21(16(3)26)15(2)25(22-14)9-8-20(27)24-12-18-6-7-19(13-24)23(11-18)10-17-4-5-17/h17-19H,4-13H2,1-3H3/t18-,19-/m1/s1. The van der Waals surface area contributed by atoms with E-state index in [9.17, 15) is 9.59 Å². The van der Waals surface area contributed by atoms with Gasteiger partial charge in [0.25, 0.3) is 0 Å². The van der Waals surface area contributed by atoms with E-state index < -0.39 is 0 Å². The van der Waals surface area contributed by atoms with Gasteiger partial charge in [-0.1, -0.05) is 0 Å². The highest BCUT2D eigenvalue weighted by molar-refractivity contribution is 5.96. The molecule has 2 bridgehead atoms. The van der Waals surface area contributed by atoms with Gasteiger partial charge in [-0.3, -0.25) is 19.2 Å². The fourth-order valence-electron chi connectivity index (χ4n) is 5.02. The molecule has 6 heteroatoms. The van der Waals surface area contributed by atoms with E-state index in [4.69, 9.17) is 0 Å². The summed E-state index contributed by atoms with van der Waals surface area (Å²) in [7, 11) is 0. The van der Waals surface area contributed by atoms with E-state index in [2.05, 4.69) is 14.9 Å². The number of fused-ring (bicyclic) bond motifs is 4. The van der Waals surface area contributed by atoms with E-state index in [-0.39, 0.29) is 11.7 Å². The van der Waals surface area contributed by atoms with Crippen molar-refractivity contribution in [3.63, 3.8) is 0 Å². The number of carbonyl (C=O) groups is 2. The van der Waals surface area contributed by atoms with Gasteiger partial charge in [-0.15, -0.1) is 0 Å². The highest BCUT2D eigenvalue weighted by atomic mass is 16.2. The van der Waals surface area contributed by atoms with Crippen molar-refractivity contribution in [2.45, 2.75) is 65.5 Å². The summed E-state index contributed by atoms with van der Waals surface area (Å²) >= 11 is 0. The summed E-state index contributed by atoms with van der Waals surface area (Å²) in [6, 6.07) is 0.547. The molecule has 0 aromatic carbocycles. The number of aromatic nitrogens is 2. The van der Waals surface area contributed by atoms with Crippen molar-refractivity contribution >= 4 is 11.7 Å². The van der Waals surface area contributed by atoms with Crippen molar-refractivity contribution in [1.29, 1.82) is 0 Å². The predicted molar refractivity (Wildman–Crippen MR) is 104 cm³/mol. The van der Waals surface area contributed by atoms with E-state index in [0.717, 1.165) is 30.4 Å². The Kier molecular flexibility index (Phi) is 5.10. The average molecular weight is 373 g/mol. The minimum absolute atomic E-state index is 0.0439. The first-order valence-electron chi connectivity index (χ1n) is 10.5. The van der Waals surface area contributed by atoms with Crippen LogP contribution in [0.15, 0.2) is 0 Å². The van der Waals surface area contributed by atoms with Crippen LogP contribution in [0, 0.1) is 25.7 Å². The molecule has 6 nitrogen and oxygen atoms in total. The van der Waals surface area contributed by atoms with Crippen LogP contribution in [0.3, 0.4) is 0 Å². The first-order chi connectivity index (χ1) is 12.9. The number of nitrogens with zero attached hydrogens (tertiary/aromatic N) is 4. The molecule has 3 aliphatic heterocycles. The Morgan fingerprint density at radius 1 is 1.07 bits per heavy atom. The Labute approximate surface area is 161 Å². The lowest BCUT2D eigenvalue weighted by molar-refractivity contribution is -0.131. The summed E-state index contributed by atoms with van der Waals surface area (Å²) in [4.78, 5) is 29.5. The largest absolute Gasteiger partial charge is 0.341 e. The number of hydrogen-bond donors (Lipinski definition) is 0. The first-order valence-corrected chi connectivity index (χ1v) is 10.5. The number of ketones is 1. The van der Waals surface area contributed by atoms with Crippen molar-refractivity contribution < 1.29 is 9.59 Å². The Bertz CT molecular complexity index is 737. The molecule has 27 heavy (non-hydrogen) atoms. The number of piperidine rings is 1. The van der Waals surface area contributed by atoms with Crippen LogP contribution in [0.2, 0.25) is 0 Å². The summed E-state index contributed by atoms with van der Waals surface area (Å²) in [5.74, 6) is 1.82. The van der Waals surface area contributed by atoms with Crippen molar-refractivity contribution in [3.8, 4) is 0 Å². The summed E-state index contributed by atoms with van der Waals surface area (Å²) in [6.07, 6.45) is 5.74. The molecule has 5 rings (SSSR count). The Morgan fingerprint density at radius 2 is 1.85 bits per heavy atom. The zero-order chi connectivity index (χ0) is 19.1. The monoisotopic (exact) mass is 372 g/mol. The molecular formula is C21H32N4O2. The molecule has 4 fully saturated rings. The van der Waals surface area contributed by atoms with Crippen molar-refractivity contribution in [2.75, 3.05) is 26.2 Å². The summed E-state index contributed by atoms with van der Waals surface area (Å²) < 4.78 is 1.83. The average Bonchev–Trinajstić information content (AvgIpc) is 3.42. The van der Waals surface area contributed by atoms with Crippen LogP contribution in [-0.4, -0.2) is 63.5 Å². The molecule has 148 valence electrons. The first kappa shape index (κ1) is 18.7. The second kappa shape index (κ2) is 7.38. The molecule has 1 aromatic rings. The topological polar surface area (TPSA) is 58.4 Å². The zero-order valence-electron chi connectivity index (χ0n) is 16.9. The Morgan fingerprint density at radius 3 is 2.52 bits per heavy atom. The van der Waals surface area contributed by atoms with Gasteiger partial charge >= 0.3 is 0 Å². The maximum Gasteiger partial charge on any atom is 0.224 e. The number of carbonyl (C=O) groups excluding carboxylic acids is 2. The lowest BCUT2D eigenvalue weighted by Gasteiger charge is -2.36. The van der Waals surface area contributed by atoms with E-state index in [1.54, 1.807) is 6.92 Å². The summed E-state index contributed by atoms with van der Waals surface area (Å²) in [5.41, 5.74) is 2.33. The number of aryl methyl sites for hydroxylation is 2. The molecule has 2 atom stereocenters. The second-order valence-corrected chi connectivity index (χ2v) is 8.87. The molecule has 0 spiro atoms. The van der Waals surface area contributed by atoms with E-state index >= 15 is 0 Å². The normalized spacial score (nSPS) is 25.7. The summed E-state index contributed by atoms with van der Waals surface area (Å²) in [6.45, 7) is 10.1. The van der Waals surface area contributed by atoms with Crippen LogP contribution in [0.25, 0.3) is 0 Å². The number of Topliss-reactive ketones (excluding diaryl/α,β-unsaturated/α-hetero) is 1. The van der Waals surface area contributed by atoms with Gasteiger partial charge in [-0.05, 0) is 58.3 Å². The van der Waals surface area contributed by atoms with Crippen molar-refractivity contribution in [3.05, 3.63) is 17.0 Å². The molecule has 4 heterocycles. The van der Waals surface area contributed by atoms with Crippen LogP contribution in [0.1, 0.15) is 60.8 Å². The van der Waals surface area contributed by atoms with Gasteiger partial charge in [-0.2, -0.15) is 5.10 Å². The quantitative estimate of drug-likeness (QED) is 0.720. The maximum atomic E-state index is 12.9. The molecule has 0 radical (unpaired) electrons. The lowest BCUT2D eigenvalue weighted by Crippen LogP contribution is -2.45. The van der Waals surface area contributed by atoms with Crippen LogP contribution in [-0.2, 0) is 11.3 Å². The Balaban J connectivity index is 1.37. The van der Waals surface area contributed by atoms with Gasteiger partial charge in [0, 0.05) is 50.9 Å². The SMILES string of the molecule is CC(=O)c1c(C)nn(CCC(=O)N2C[C@@H]3CC[C@H](C2)N(CC2CC2)C3)c1C. The Hall–Kier alpha value is -1.69. The molecule has 1 aliphatic carbocycles. The van der Waals surface area contributed by atoms with Crippen LogP contribution < -0.4 is 0 Å². The third-order valence-corrected chi connectivity index (χ3v) is 6.64. The fourth-order valence-corrected chi connectivity index (χ4v) is 5.02. The van der Waals surface area contributed by atoms with Gasteiger partial charge in [-0.25, -0.2) is 0 Å². The lowest BCUT2D eigenvalue weighted by atomic mass is 9.95. The van der Waals surface area contributed by atoms with Gasteiger partial charge in [0.15, 0.2) is 5.78 Å². The van der Waals surface area contributed by atoms with E-state index in [1.807, 2.05) is 18.5 Å².